The summed E-state index contributed by atoms with van der Waals surface area (Å²) in [6.45, 7) is 8.16. The lowest BCUT2D eigenvalue weighted by Crippen LogP contribution is -2.23. The number of halogens is 2. The highest BCUT2D eigenvalue weighted by Crippen LogP contribution is 2.45. The molecule has 0 heterocycles. The average molecular weight is 294 g/mol. The highest BCUT2D eigenvalue weighted by Gasteiger charge is 2.32. The molecule has 116 valence electrons. The standard InChI is InChI=1S/C18H24F2O/c1-4-12-21-15-7-6-14(16(19)17(15)20)13-8-10-18(3,5-2)11-9-13/h4,6-7,13H,1,5,8-12H2,2-3H3. The van der Waals surface area contributed by atoms with Crippen LogP contribution in [0.25, 0.3) is 0 Å². The van der Waals surface area contributed by atoms with E-state index in [1.165, 1.54) is 12.1 Å². The summed E-state index contributed by atoms with van der Waals surface area (Å²) >= 11 is 0. The molecule has 21 heavy (non-hydrogen) atoms. The molecule has 2 rings (SSSR count). The third-order valence-electron chi connectivity index (χ3n) is 4.92. The van der Waals surface area contributed by atoms with Gasteiger partial charge in [0, 0.05) is 0 Å². The van der Waals surface area contributed by atoms with E-state index in [2.05, 4.69) is 20.4 Å². The summed E-state index contributed by atoms with van der Waals surface area (Å²) in [4.78, 5) is 0. The van der Waals surface area contributed by atoms with Gasteiger partial charge < -0.3 is 4.74 Å². The van der Waals surface area contributed by atoms with Crippen LogP contribution in [-0.4, -0.2) is 6.61 Å². The molecule has 0 unspecified atom stereocenters. The lowest BCUT2D eigenvalue weighted by Gasteiger charge is -2.37. The fourth-order valence-corrected chi connectivity index (χ4v) is 3.10. The molecule has 0 aliphatic heterocycles. The van der Waals surface area contributed by atoms with Gasteiger partial charge in [0.15, 0.2) is 11.6 Å². The first-order valence-corrected chi connectivity index (χ1v) is 7.72. The molecule has 0 aromatic heterocycles. The maximum Gasteiger partial charge on any atom is 0.200 e. The Hall–Kier alpha value is -1.38. The molecule has 0 bridgehead atoms. The van der Waals surface area contributed by atoms with E-state index in [1.54, 1.807) is 6.07 Å². The second-order valence-corrected chi connectivity index (χ2v) is 6.32. The third-order valence-corrected chi connectivity index (χ3v) is 4.92. The van der Waals surface area contributed by atoms with Crippen molar-refractivity contribution in [2.24, 2.45) is 5.41 Å². The van der Waals surface area contributed by atoms with Crippen LogP contribution >= 0.6 is 0 Å². The van der Waals surface area contributed by atoms with Crippen molar-refractivity contribution >= 4 is 0 Å². The fraction of sp³-hybridized carbons (Fsp3) is 0.556. The Morgan fingerprint density at radius 2 is 1.95 bits per heavy atom. The Labute approximate surface area is 126 Å². The first kappa shape index (κ1) is 16.0. The van der Waals surface area contributed by atoms with E-state index in [-0.39, 0.29) is 18.3 Å². The van der Waals surface area contributed by atoms with Crippen LogP contribution in [0.2, 0.25) is 0 Å². The molecule has 1 saturated carbocycles. The van der Waals surface area contributed by atoms with Crippen molar-refractivity contribution in [1.29, 1.82) is 0 Å². The highest BCUT2D eigenvalue weighted by atomic mass is 19.2. The summed E-state index contributed by atoms with van der Waals surface area (Å²) in [5.41, 5.74) is 0.857. The number of hydrogen-bond donors (Lipinski definition) is 0. The van der Waals surface area contributed by atoms with Gasteiger partial charge in [-0.25, -0.2) is 4.39 Å². The molecule has 0 N–H and O–H groups in total. The molecule has 3 heteroatoms. The van der Waals surface area contributed by atoms with Gasteiger partial charge in [-0.3, -0.25) is 0 Å². The van der Waals surface area contributed by atoms with Crippen LogP contribution in [0.4, 0.5) is 8.78 Å². The molecule has 0 spiro atoms. The van der Waals surface area contributed by atoms with Crippen molar-refractivity contribution in [2.45, 2.75) is 51.9 Å². The molecule has 1 aromatic carbocycles. The van der Waals surface area contributed by atoms with Crippen molar-refractivity contribution in [3.05, 3.63) is 42.0 Å². The molecule has 0 atom stereocenters. The molecule has 0 radical (unpaired) electrons. The van der Waals surface area contributed by atoms with E-state index >= 15 is 0 Å². The van der Waals surface area contributed by atoms with E-state index in [4.69, 9.17) is 4.74 Å². The van der Waals surface area contributed by atoms with Gasteiger partial charge in [-0.15, -0.1) is 0 Å². The van der Waals surface area contributed by atoms with Crippen LogP contribution in [0.1, 0.15) is 57.4 Å². The van der Waals surface area contributed by atoms with Crippen molar-refractivity contribution in [3.63, 3.8) is 0 Å². The molecule has 1 fully saturated rings. The fourth-order valence-electron chi connectivity index (χ4n) is 3.10. The largest absolute Gasteiger partial charge is 0.486 e. The third kappa shape index (κ3) is 3.45. The van der Waals surface area contributed by atoms with Crippen LogP contribution in [0.15, 0.2) is 24.8 Å². The topological polar surface area (TPSA) is 9.23 Å². The second kappa shape index (κ2) is 6.59. The minimum Gasteiger partial charge on any atom is -0.486 e. The summed E-state index contributed by atoms with van der Waals surface area (Å²) in [6, 6.07) is 3.21. The van der Waals surface area contributed by atoms with Gasteiger partial charge in [0.2, 0.25) is 5.82 Å². The van der Waals surface area contributed by atoms with Crippen LogP contribution in [0, 0.1) is 17.0 Å². The molecule has 1 aromatic rings. The molecule has 1 nitrogen and oxygen atoms in total. The van der Waals surface area contributed by atoms with Gasteiger partial charge >= 0.3 is 0 Å². The van der Waals surface area contributed by atoms with E-state index in [1.807, 2.05) is 0 Å². The molecular weight excluding hydrogens is 270 g/mol. The second-order valence-electron chi connectivity index (χ2n) is 6.32. The monoisotopic (exact) mass is 294 g/mol. The van der Waals surface area contributed by atoms with Gasteiger partial charge in [-0.05, 0) is 48.6 Å². The minimum absolute atomic E-state index is 0.0367. The maximum absolute atomic E-state index is 14.3. The summed E-state index contributed by atoms with van der Waals surface area (Å²) < 4.78 is 33.4. The SMILES string of the molecule is C=CCOc1ccc(C2CCC(C)(CC)CC2)c(F)c1F. The average Bonchev–Trinajstić information content (AvgIpc) is 2.50. The lowest BCUT2D eigenvalue weighted by atomic mass is 9.69. The van der Waals surface area contributed by atoms with Crippen LogP contribution < -0.4 is 4.74 Å². The molecule has 0 amide bonds. The molecule has 1 aliphatic rings. The van der Waals surface area contributed by atoms with Gasteiger partial charge in [0.25, 0.3) is 0 Å². The number of benzene rings is 1. The number of hydrogen-bond acceptors (Lipinski definition) is 1. The first-order chi connectivity index (χ1) is 10.0. The van der Waals surface area contributed by atoms with Crippen molar-refractivity contribution < 1.29 is 13.5 Å². The van der Waals surface area contributed by atoms with Gasteiger partial charge in [0.05, 0.1) is 0 Å². The zero-order valence-electron chi connectivity index (χ0n) is 12.9. The molecular formula is C18H24F2O. The normalized spacial score (nSPS) is 25.6. The van der Waals surface area contributed by atoms with E-state index in [0.717, 1.165) is 32.1 Å². The minimum atomic E-state index is -0.877. The zero-order chi connectivity index (χ0) is 15.5. The highest BCUT2D eigenvalue weighted by molar-refractivity contribution is 5.33. The smallest absolute Gasteiger partial charge is 0.200 e. The quantitative estimate of drug-likeness (QED) is 0.642. The lowest BCUT2D eigenvalue weighted by molar-refractivity contribution is 0.189. The first-order valence-electron chi connectivity index (χ1n) is 7.72. The Bertz CT molecular complexity index is 502. The summed E-state index contributed by atoms with van der Waals surface area (Å²) in [6.07, 6.45) is 6.65. The Balaban J connectivity index is 2.15. The van der Waals surface area contributed by atoms with Crippen molar-refractivity contribution in [2.75, 3.05) is 6.61 Å². The van der Waals surface area contributed by atoms with E-state index in [9.17, 15) is 8.78 Å². The summed E-state index contributed by atoms with van der Waals surface area (Å²) in [5, 5.41) is 0. The van der Waals surface area contributed by atoms with Gasteiger partial charge in [-0.1, -0.05) is 39.0 Å². The van der Waals surface area contributed by atoms with Crippen molar-refractivity contribution in [1.82, 2.24) is 0 Å². The van der Waals surface area contributed by atoms with Crippen LogP contribution in [0.5, 0.6) is 5.75 Å². The molecule has 0 saturated heterocycles. The van der Waals surface area contributed by atoms with Gasteiger partial charge in [-0.2, -0.15) is 4.39 Å². The Morgan fingerprint density at radius 3 is 2.52 bits per heavy atom. The maximum atomic E-state index is 14.3. The number of ether oxygens (including phenoxy) is 1. The van der Waals surface area contributed by atoms with Crippen LogP contribution in [-0.2, 0) is 0 Å². The Kier molecular flexibility index (Phi) is 5.02. The number of rotatable bonds is 5. The Morgan fingerprint density at radius 1 is 1.29 bits per heavy atom. The predicted octanol–water partition coefficient (Wildman–Crippen LogP) is 5.60. The van der Waals surface area contributed by atoms with E-state index < -0.39 is 11.6 Å². The van der Waals surface area contributed by atoms with Gasteiger partial charge in [0.1, 0.15) is 6.61 Å². The predicted molar refractivity (Wildman–Crippen MR) is 81.7 cm³/mol. The zero-order valence-corrected chi connectivity index (χ0v) is 12.9. The van der Waals surface area contributed by atoms with E-state index in [0.29, 0.717) is 11.0 Å². The summed E-state index contributed by atoms with van der Waals surface area (Å²) in [7, 11) is 0. The van der Waals surface area contributed by atoms with Crippen molar-refractivity contribution in [3.8, 4) is 5.75 Å². The molecule has 1 aliphatic carbocycles. The summed E-state index contributed by atoms with van der Waals surface area (Å²) in [5.74, 6) is -1.54. The van der Waals surface area contributed by atoms with Crippen LogP contribution in [0.3, 0.4) is 0 Å².